The first-order valence-corrected chi connectivity index (χ1v) is 8.77. The summed E-state index contributed by atoms with van der Waals surface area (Å²) in [4.78, 5) is 1.42. The first-order chi connectivity index (χ1) is 9.74. The molecule has 0 aliphatic heterocycles. The first-order valence-electron chi connectivity index (χ1n) is 7.89. The van der Waals surface area contributed by atoms with Gasteiger partial charge in [0.2, 0.25) is 0 Å². The third-order valence-corrected chi connectivity index (χ3v) is 6.05. The molecule has 2 aliphatic rings. The summed E-state index contributed by atoms with van der Waals surface area (Å²) >= 11 is 2.01. The Bertz CT molecular complexity index is 476. The van der Waals surface area contributed by atoms with E-state index in [9.17, 15) is 5.11 Å². The zero-order chi connectivity index (χ0) is 14.0. The van der Waals surface area contributed by atoms with Gasteiger partial charge in [0.05, 0.1) is 6.61 Å². The summed E-state index contributed by atoms with van der Waals surface area (Å²) in [5.41, 5.74) is 3.09. The Morgan fingerprint density at radius 1 is 1.35 bits per heavy atom. The van der Waals surface area contributed by atoms with Crippen molar-refractivity contribution in [3.8, 4) is 0 Å². The average molecular weight is 291 g/mol. The highest BCUT2D eigenvalue weighted by molar-refractivity contribution is 8.00. The lowest BCUT2D eigenvalue weighted by atomic mass is 9.99. The minimum atomic E-state index is -0.0247. The van der Waals surface area contributed by atoms with Crippen molar-refractivity contribution in [1.29, 1.82) is 0 Å². The van der Waals surface area contributed by atoms with Crippen LogP contribution >= 0.6 is 11.8 Å². The van der Waals surface area contributed by atoms with Gasteiger partial charge in [-0.05, 0) is 68.3 Å². The van der Waals surface area contributed by atoms with Crippen molar-refractivity contribution in [3.05, 3.63) is 29.3 Å². The summed E-state index contributed by atoms with van der Waals surface area (Å²) in [5, 5.41) is 13.8. The van der Waals surface area contributed by atoms with Gasteiger partial charge in [-0.3, -0.25) is 0 Å². The van der Waals surface area contributed by atoms with Crippen LogP contribution < -0.4 is 5.32 Å². The maximum Gasteiger partial charge on any atom is 0.0613 e. The highest BCUT2D eigenvalue weighted by Crippen LogP contribution is 2.41. The van der Waals surface area contributed by atoms with Gasteiger partial charge in [-0.2, -0.15) is 0 Å². The third kappa shape index (κ3) is 2.90. The Labute approximate surface area is 126 Å². The lowest BCUT2D eigenvalue weighted by Gasteiger charge is -2.28. The third-order valence-electron chi connectivity index (χ3n) is 4.79. The van der Waals surface area contributed by atoms with Gasteiger partial charge in [-0.25, -0.2) is 0 Å². The number of aliphatic hydroxyl groups excluding tert-OH is 1. The number of benzene rings is 1. The summed E-state index contributed by atoms with van der Waals surface area (Å²) in [7, 11) is 0. The van der Waals surface area contributed by atoms with Gasteiger partial charge in [-0.15, -0.1) is 11.8 Å². The number of rotatable bonds is 5. The molecule has 3 heteroatoms. The van der Waals surface area contributed by atoms with E-state index in [2.05, 4.69) is 30.4 Å². The largest absolute Gasteiger partial charge is 0.394 e. The van der Waals surface area contributed by atoms with Crippen molar-refractivity contribution >= 4 is 11.8 Å². The number of aryl methyl sites for hydroxylation is 2. The van der Waals surface area contributed by atoms with E-state index >= 15 is 0 Å². The Balaban J connectivity index is 1.64. The van der Waals surface area contributed by atoms with Crippen LogP contribution in [0.2, 0.25) is 0 Å². The first kappa shape index (κ1) is 14.4. The van der Waals surface area contributed by atoms with E-state index in [0.29, 0.717) is 5.25 Å². The van der Waals surface area contributed by atoms with E-state index < -0.39 is 0 Å². The molecule has 3 rings (SSSR count). The van der Waals surface area contributed by atoms with Crippen LogP contribution in [0.5, 0.6) is 0 Å². The Kier molecular flexibility index (Phi) is 4.39. The predicted molar refractivity (Wildman–Crippen MR) is 85.5 cm³/mol. The van der Waals surface area contributed by atoms with Crippen molar-refractivity contribution in [2.75, 3.05) is 13.2 Å². The van der Waals surface area contributed by atoms with Crippen molar-refractivity contribution in [3.63, 3.8) is 0 Å². The number of likely N-dealkylation sites (N-methyl/N-ethyl adjacent to an activating group) is 1. The molecule has 1 aromatic carbocycles. The minimum Gasteiger partial charge on any atom is -0.394 e. The summed E-state index contributed by atoms with van der Waals surface area (Å²) in [6, 6.07) is 7.02. The molecule has 1 aromatic rings. The Morgan fingerprint density at radius 3 is 3.00 bits per heavy atom. The maximum atomic E-state index is 9.69. The normalized spacial score (nSPS) is 28.8. The average Bonchev–Trinajstić information content (AvgIpc) is 3.06. The fourth-order valence-corrected chi connectivity index (χ4v) is 5.11. The van der Waals surface area contributed by atoms with E-state index in [1.54, 1.807) is 11.1 Å². The van der Waals surface area contributed by atoms with Gasteiger partial charge in [0.25, 0.3) is 0 Å². The van der Waals surface area contributed by atoms with E-state index in [0.717, 1.165) is 19.4 Å². The molecular weight excluding hydrogens is 266 g/mol. The molecule has 2 N–H and O–H groups in total. The van der Waals surface area contributed by atoms with E-state index in [4.69, 9.17) is 0 Å². The van der Waals surface area contributed by atoms with Crippen LogP contribution in [0, 0.1) is 0 Å². The van der Waals surface area contributed by atoms with Crippen molar-refractivity contribution in [2.45, 2.75) is 61.1 Å². The van der Waals surface area contributed by atoms with Crippen LogP contribution in [0.4, 0.5) is 0 Å². The van der Waals surface area contributed by atoms with Gasteiger partial charge in [0.15, 0.2) is 0 Å². The molecule has 2 atom stereocenters. The van der Waals surface area contributed by atoms with Gasteiger partial charge in [0.1, 0.15) is 0 Å². The zero-order valence-electron chi connectivity index (χ0n) is 12.3. The molecular formula is C17H25NOS. The monoisotopic (exact) mass is 291 g/mol. The Hall–Kier alpha value is -0.510. The number of fused-ring (bicyclic) bond motifs is 1. The second kappa shape index (κ2) is 6.08. The SMILES string of the molecule is CCNC1(CO)CCC(Sc2ccc3c(c2)CCC3)C1. The number of aliphatic hydroxyl groups is 1. The second-order valence-electron chi connectivity index (χ2n) is 6.24. The summed E-state index contributed by atoms with van der Waals surface area (Å²) in [6.45, 7) is 3.33. The summed E-state index contributed by atoms with van der Waals surface area (Å²) < 4.78 is 0. The number of hydrogen-bond donors (Lipinski definition) is 2. The Morgan fingerprint density at radius 2 is 2.20 bits per heavy atom. The molecule has 0 spiro atoms. The molecule has 0 heterocycles. The topological polar surface area (TPSA) is 32.3 Å². The van der Waals surface area contributed by atoms with Gasteiger partial charge in [0, 0.05) is 15.7 Å². The summed E-state index contributed by atoms with van der Waals surface area (Å²) in [6.07, 6.45) is 7.22. The van der Waals surface area contributed by atoms with Crippen LogP contribution in [-0.4, -0.2) is 29.0 Å². The number of hydrogen-bond acceptors (Lipinski definition) is 3. The molecule has 0 aromatic heterocycles. The standard InChI is InChI=1S/C17H25NOS/c1-2-18-17(12-19)9-8-16(11-17)20-15-7-6-13-4-3-5-14(13)10-15/h6-7,10,16,18-19H,2-5,8-9,11-12H2,1H3. The maximum absolute atomic E-state index is 9.69. The van der Waals surface area contributed by atoms with Crippen LogP contribution in [-0.2, 0) is 12.8 Å². The molecule has 20 heavy (non-hydrogen) atoms. The second-order valence-corrected chi connectivity index (χ2v) is 7.61. The number of thioether (sulfide) groups is 1. The van der Waals surface area contributed by atoms with E-state index in [-0.39, 0.29) is 12.1 Å². The summed E-state index contributed by atoms with van der Waals surface area (Å²) in [5.74, 6) is 0. The van der Waals surface area contributed by atoms with Gasteiger partial charge >= 0.3 is 0 Å². The molecule has 2 nitrogen and oxygen atoms in total. The molecule has 2 unspecified atom stereocenters. The van der Waals surface area contributed by atoms with Gasteiger partial charge < -0.3 is 10.4 Å². The lowest BCUT2D eigenvalue weighted by Crippen LogP contribution is -2.46. The molecule has 0 bridgehead atoms. The van der Waals surface area contributed by atoms with Crippen molar-refractivity contribution < 1.29 is 5.11 Å². The fourth-order valence-electron chi connectivity index (χ4n) is 3.73. The highest BCUT2D eigenvalue weighted by atomic mass is 32.2. The van der Waals surface area contributed by atoms with Crippen molar-refractivity contribution in [2.24, 2.45) is 0 Å². The quantitative estimate of drug-likeness (QED) is 0.874. The van der Waals surface area contributed by atoms with E-state index in [1.807, 2.05) is 11.8 Å². The molecule has 0 radical (unpaired) electrons. The molecule has 2 aliphatic carbocycles. The van der Waals surface area contributed by atoms with Crippen LogP contribution in [0.3, 0.4) is 0 Å². The highest BCUT2D eigenvalue weighted by Gasteiger charge is 2.38. The molecule has 1 fully saturated rings. The van der Waals surface area contributed by atoms with E-state index in [1.165, 1.54) is 30.6 Å². The fraction of sp³-hybridized carbons (Fsp3) is 0.647. The smallest absolute Gasteiger partial charge is 0.0613 e. The molecule has 110 valence electrons. The molecule has 1 saturated carbocycles. The van der Waals surface area contributed by atoms with Crippen LogP contribution in [0.15, 0.2) is 23.1 Å². The van der Waals surface area contributed by atoms with Crippen LogP contribution in [0.25, 0.3) is 0 Å². The predicted octanol–water partition coefficient (Wildman–Crippen LogP) is 3.16. The zero-order valence-corrected chi connectivity index (χ0v) is 13.1. The van der Waals surface area contributed by atoms with Gasteiger partial charge in [-0.1, -0.05) is 13.0 Å². The minimum absolute atomic E-state index is 0.0247. The van der Waals surface area contributed by atoms with Crippen LogP contribution in [0.1, 0.15) is 43.7 Å². The number of nitrogens with one attached hydrogen (secondary N) is 1. The molecule has 0 amide bonds. The molecule has 0 saturated heterocycles. The lowest BCUT2D eigenvalue weighted by molar-refractivity contribution is 0.167. The van der Waals surface area contributed by atoms with Crippen molar-refractivity contribution in [1.82, 2.24) is 5.32 Å².